The summed E-state index contributed by atoms with van der Waals surface area (Å²) < 4.78 is 0. The SMILES string of the molecule is O=C(NCCN1CCN(C(=O)c2ccsc2)CC1)c1cnn(-c2ccccc2)n1. The molecule has 0 spiro atoms. The van der Waals surface area contributed by atoms with Gasteiger partial charge in [0.25, 0.3) is 11.8 Å². The van der Waals surface area contributed by atoms with Gasteiger partial charge in [-0.25, -0.2) is 0 Å². The Hall–Kier alpha value is -3.04. The van der Waals surface area contributed by atoms with E-state index < -0.39 is 0 Å². The third-order valence-corrected chi connectivity index (χ3v) is 5.54. The number of hydrogen-bond donors (Lipinski definition) is 1. The smallest absolute Gasteiger partial charge is 0.273 e. The number of amides is 2. The number of hydrogen-bond acceptors (Lipinski definition) is 6. The minimum Gasteiger partial charge on any atom is -0.349 e. The summed E-state index contributed by atoms with van der Waals surface area (Å²) in [4.78, 5) is 30.3. The van der Waals surface area contributed by atoms with Gasteiger partial charge in [-0.15, -0.1) is 5.10 Å². The number of para-hydroxylation sites is 1. The van der Waals surface area contributed by atoms with Crippen LogP contribution in [0.25, 0.3) is 5.69 Å². The number of nitrogens with zero attached hydrogens (tertiary/aromatic N) is 5. The summed E-state index contributed by atoms with van der Waals surface area (Å²) in [6, 6.07) is 11.3. The highest BCUT2D eigenvalue weighted by Crippen LogP contribution is 2.12. The van der Waals surface area contributed by atoms with Crippen molar-refractivity contribution in [2.75, 3.05) is 39.3 Å². The average molecular weight is 411 g/mol. The Morgan fingerprint density at radius 1 is 1.07 bits per heavy atom. The Kier molecular flexibility index (Phi) is 5.97. The maximum Gasteiger partial charge on any atom is 0.273 e. The first-order valence-electron chi connectivity index (χ1n) is 9.50. The van der Waals surface area contributed by atoms with E-state index >= 15 is 0 Å². The van der Waals surface area contributed by atoms with E-state index in [0.29, 0.717) is 25.3 Å². The van der Waals surface area contributed by atoms with Gasteiger partial charge in [0.2, 0.25) is 0 Å². The normalized spacial score (nSPS) is 14.7. The number of carbonyl (C=O) groups excluding carboxylic acids is 2. The van der Waals surface area contributed by atoms with E-state index in [-0.39, 0.29) is 11.8 Å². The van der Waals surface area contributed by atoms with Gasteiger partial charge in [-0.05, 0) is 23.6 Å². The molecule has 1 aliphatic heterocycles. The predicted molar refractivity (Wildman–Crippen MR) is 110 cm³/mol. The highest BCUT2D eigenvalue weighted by atomic mass is 32.1. The lowest BCUT2D eigenvalue weighted by atomic mass is 10.2. The van der Waals surface area contributed by atoms with Crippen molar-refractivity contribution in [2.45, 2.75) is 0 Å². The number of carbonyl (C=O) groups is 2. The van der Waals surface area contributed by atoms with E-state index in [0.717, 1.165) is 30.9 Å². The van der Waals surface area contributed by atoms with E-state index in [1.165, 1.54) is 22.3 Å². The maximum atomic E-state index is 12.4. The standard InChI is InChI=1S/C20H22N6O2S/c27-19(18-14-22-26(23-18)17-4-2-1-3-5-17)21-7-8-24-9-11-25(12-10-24)20(28)16-6-13-29-15-16/h1-6,13-15H,7-12H2,(H,21,27). The minimum absolute atomic E-state index is 0.0979. The first-order chi connectivity index (χ1) is 14.2. The molecule has 2 amide bonds. The van der Waals surface area contributed by atoms with Gasteiger partial charge in [0, 0.05) is 44.6 Å². The van der Waals surface area contributed by atoms with E-state index in [9.17, 15) is 9.59 Å². The Morgan fingerprint density at radius 3 is 2.59 bits per heavy atom. The Bertz CT molecular complexity index is 949. The summed E-state index contributed by atoms with van der Waals surface area (Å²) in [7, 11) is 0. The molecular weight excluding hydrogens is 388 g/mol. The van der Waals surface area contributed by atoms with Crippen molar-refractivity contribution in [1.29, 1.82) is 0 Å². The lowest BCUT2D eigenvalue weighted by Crippen LogP contribution is -2.50. The van der Waals surface area contributed by atoms with Crippen molar-refractivity contribution in [3.63, 3.8) is 0 Å². The molecule has 0 saturated carbocycles. The van der Waals surface area contributed by atoms with Crippen molar-refractivity contribution >= 4 is 23.2 Å². The van der Waals surface area contributed by atoms with Gasteiger partial charge in [0.15, 0.2) is 5.69 Å². The van der Waals surface area contributed by atoms with Crippen LogP contribution in [0.3, 0.4) is 0 Å². The van der Waals surface area contributed by atoms with Crippen molar-refractivity contribution < 1.29 is 9.59 Å². The molecular formula is C20H22N6O2S. The second-order valence-corrected chi connectivity index (χ2v) is 7.54. The van der Waals surface area contributed by atoms with Crippen LogP contribution in [0.4, 0.5) is 0 Å². The highest BCUT2D eigenvalue weighted by molar-refractivity contribution is 7.08. The van der Waals surface area contributed by atoms with E-state index in [1.54, 1.807) is 0 Å². The molecule has 29 heavy (non-hydrogen) atoms. The lowest BCUT2D eigenvalue weighted by Gasteiger charge is -2.34. The fourth-order valence-corrected chi connectivity index (χ4v) is 3.84. The monoisotopic (exact) mass is 410 g/mol. The molecule has 3 aromatic rings. The lowest BCUT2D eigenvalue weighted by molar-refractivity contribution is 0.0638. The van der Waals surface area contributed by atoms with Crippen LogP contribution in [0.5, 0.6) is 0 Å². The maximum absolute atomic E-state index is 12.4. The molecule has 150 valence electrons. The second-order valence-electron chi connectivity index (χ2n) is 6.76. The summed E-state index contributed by atoms with van der Waals surface area (Å²) in [5.41, 5.74) is 1.86. The van der Waals surface area contributed by atoms with E-state index in [4.69, 9.17) is 0 Å². The first-order valence-corrected chi connectivity index (χ1v) is 10.4. The predicted octanol–water partition coefficient (Wildman–Crippen LogP) is 1.52. The molecule has 2 aromatic heterocycles. The summed E-state index contributed by atoms with van der Waals surface area (Å²) in [6.45, 7) is 4.27. The molecule has 0 bridgehead atoms. The molecule has 1 saturated heterocycles. The number of aromatic nitrogens is 3. The van der Waals surface area contributed by atoms with E-state index in [2.05, 4.69) is 20.4 Å². The largest absolute Gasteiger partial charge is 0.349 e. The number of nitrogens with one attached hydrogen (secondary N) is 1. The molecule has 1 N–H and O–H groups in total. The first kappa shape index (κ1) is 19.3. The zero-order valence-electron chi connectivity index (χ0n) is 15.9. The van der Waals surface area contributed by atoms with Crippen LogP contribution in [0.1, 0.15) is 20.8 Å². The summed E-state index contributed by atoms with van der Waals surface area (Å²) in [5.74, 6) is -0.140. The fourth-order valence-electron chi connectivity index (χ4n) is 3.21. The van der Waals surface area contributed by atoms with E-state index in [1.807, 2.05) is 52.1 Å². The van der Waals surface area contributed by atoms with Crippen molar-refractivity contribution in [3.8, 4) is 5.69 Å². The minimum atomic E-state index is -0.238. The number of rotatable bonds is 6. The molecule has 9 heteroatoms. The van der Waals surface area contributed by atoms with Crippen LogP contribution in [0, 0.1) is 0 Å². The second kappa shape index (κ2) is 8.97. The van der Waals surface area contributed by atoms with Crippen LogP contribution in [-0.4, -0.2) is 75.9 Å². The van der Waals surface area contributed by atoms with Crippen molar-refractivity contribution in [3.05, 3.63) is 64.6 Å². The van der Waals surface area contributed by atoms with Crippen LogP contribution in [0.2, 0.25) is 0 Å². The molecule has 0 unspecified atom stereocenters. The molecule has 8 nitrogen and oxygen atoms in total. The Labute approximate surface area is 172 Å². The van der Waals surface area contributed by atoms with Gasteiger partial charge in [-0.3, -0.25) is 14.5 Å². The van der Waals surface area contributed by atoms with Gasteiger partial charge < -0.3 is 10.2 Å². The molecule has 0 radical (unpaired) electrons. The molecule has 4 rings (SSSR count). The highest BCUT2D eigenvalue weighted by Gasteiger charge is 2.22. The van der Waals surface area contributed by atoms with Gasteiger partial charge in [0.05, 0.1) is 17.4 Å². The van der Waals surface area contributed by atoms with Crippen LogP contribution >= 0.6 is 11.3 Å². The Balaban J connectivity index is 1.21. The van der Waals surface area contributed by atoms with Gasteiger partial charge in [-0.2, -0.15) is 21.2 Å². The van der Waals surface area contributed by atoms with Crippen molar-refractivity contribution in [1.82, 2.24) is 30.1 Å². The van der Waals surface area contributed by atoms with Gasteiger partial charge in [-0.1, -0.05) is 18.2 Å². The summed E-state index contributed by atoms with van der Waals surface area (Å²) in [6.07, 6.45) is 1.47. The fraction of sp³-hybridized carbons (Fsp3) is 0.300. The van der Waals surface area contributed by atoms with Crippen LogP contribution in [0.15, 0.2) is 53.4 Å². The molecule has 3 heterocycles. The molecule has 0 atom stereocenters. The summed E-state index contributed by atoms with van der Waals surface area (Å²) in [5, 5.41) is 15.1. The summed E-state index contributed by atoms with van der Waals surface area (Å²) >= 11 is 1.54. The zero-order chi connectivity index (χ0) is 20.1. The third kappa shape index (κ3) is 4.69. The topological polar surface area (TPSA) is 83.4 Å². The molecule has 1 aromatic carbocycles. The average Bonchev–Trinajstić information content (AvgIpc) is 3.47. The third-order valence-electron chi connectivity index (χ3n) is 4.85. The molecule has 0 aliphatic carbocycles. The zero-order valence-corrected chi connectivity index (χ0v) is 16.7. The van der Waals surface area contributed by atoms with Crippen LogP contribution < -0.4 is 5.32 Å². The Morgan fingerprint density at radius 2 is 1.86 bits per heavy atom. The van der Waals surface area contributed by atoms with Crippen LogP contribution in [-0.2, 0) is 0 Å². The van der Waals surface area contributed by atoms with Crippen molar-refractivity contribution in [2.24, 2.45) is 0 Å². The number of thiophene rings is 1. The molecule has 1 aliphatic rings. The van der Waals surface area contributed by atoms with Gasteiger partial charge in [0.1, 0.15) is 0 Å². The number of piperazine rings is 1. The number of benzene rings is 1. The quantitative estimate of drug-likeness (QED) is 0.666. The molecule has 1 fully saturated rings. The van der Waals surface area contributed by atoms with Gasteiger partial charge >= 0.3 is 0 Å².